The molecular weight excluding hydrogens is 277 g/mol. The van der Waals surface area contributed by atoms with Crippen molar-refractivity contribution >= 4 is 34.8 Å². The van der Waals surface area contributed by atoms with E-state index in [1.165, 1.54) is 5.56 Å². The Morgan fingerprint density at radius 3 is 2.41 bits per heavy atom. The lowest BCUT2D eigenvalue weighted by molar-refractivity contribution is 0.214. The predicted molar refractivity (Wildman–Crippen MR) is 77.3 cm³/mol. The van der Waals surface area contributed by atoms with E-state index in [2.05, 4.69) is 18.7 Å². The molecule has 0 bridgehead atoms. The third-order valence-electron chi connectivity index (χ3n) is 2.68. The molecule has 1 nitrogen and oxygen atoms in total. The largest absolute Gasteiger partial charge is 0.297 e. The van der Waals surface area contributed by atoms with Gasteiger partial charge in [-0.1, -0.05) is 29.3 Å². The van der Waals surface area contributed by atoms with Crippen LogP contribution in [0.4, 0.5) is 0 Å². The first kappa shape index (κ1) is 15.1. The number of hydrogen-bond acceptors (Lipinski definition) is 1. The molecule has 0 aliphatic heterocycles. The van der Waals surface area contributed by atoms with E-state index in [0.29, 0.717) is 22.0 Å². The Morgan fingerprint density at radius 1 is 1.18 bits per heavy atom. The van der Waals surface area contributed by atoms with E-state index in [9.17, 15) is 0 Å². The predicted octanol–water partition coefficient (Wildman–Crippen LogP) is 4.83. The highest BCUT2D eigenvalue weighted by Crippen LogP contribution is 2.23. The number of benzene rings is 1. The Hall–Kier alpha value is 0.0500. The summed E-state index contributed by atoms with van der Waals surface area (Å²) in [5.74, 6) is 0.699. The fourth-order valence-electron chi connectivity index (χ4n) is 1.66. The van der Waals surface area contributed by atoms with Crippen molar-refractivity contribution < 1.29 is 0 Å². The first-order valence-corrected chi connectivity index (χ1v) is 7.07. The summed E-state index contributed by atoms with van der Waals surface area (Å²) in [5, 5.41) is 1.22. The van der Waals surface area contributed by atoms with E-state index in [-0.39, 0.29) is 0 Å². The minimum atomic E-state index is 0.493. The van der Waals surface area contributed by atoms with Gasteiger partial charge in [0.15, 0.2) is 0 Å². The molecule has 0 saturated carbocycles. The van der Waals surface area contributed by atoms with Crippen LogP contribution in [0.15, 0.2) is 18.2 Å². The van der Waals surface area contributed by atoms with E-state index in [4.69, 9.17) is 34.8 Å². The average molecular weight is 295 g/mol. The zero-order valence-corrected chi connectivity index (χ0v) is 12.5. The Bertz CT molecular complexity index is 353. The molecule has 0 heterocycles. The molecule has 0 amide bonds. The van der Waals surface area contributed by atoms with E-state index in [1.54, 1.807) is 0 Å². The highest BCUT2D eigenvalue weighted by atomic mass is 35.5. The summed E-state index contributed by atoms with van der Waals surface area (Å²) in [4.78, 5) is 2.38. The second-order valence-corrected chi connectivity index (χ2v) is 5.55. The third-order valence-corrected chi connectivity index (χ3v) is 3.69. The molecule has 1 aromatic carbocycles. The number of hydrogen-bond donors (Lipinski definition) is 0. The lowest BCUT2D eigenvalue weighted by Crippen LogP contribution is -2.31. The summed E-state index contributed by atoms with van der Waals surface area (Å²) in [7, 11) is 0. The van der Waals surface area contributed by atoms with Crippen molar-refractivity contribution in [2.24, 2.45) is 0 Å². The fraction of sp³-hybridized carbons (Fsp3) is 0.538. The Balaban J connectivity index is 2.68. The molecule has 0 aromatic heterocycles. The Labute approximate surface area is 119 Å². The van der Waals surface area contributed by atoms with Crippen LogP contribution in [-0.2, 0) is 6.54 Å². The quantitative estimate of drug-likeness (QED) is 0.679. The van der Waals surface area contributed by atoms with Crippen LogP contribution in [0.5, 0.6) is 0 Å². The summed E-state index contributed by atoms with van der Waals surface area (Å²) in [6, 6.07) is 6.29. The second-order valence-electron chi connectivity index (χ2n) is 4.36. The smallest absolute Gasteiger partial charge is 0.0595 e. The molecule has 0 aliphatic rings. The van der Waals surface area contributed by atoms with E-state index in [0.717, 1.165) is 19.5 Å². The van der Waals surface area contributed by atoms with Gasteiger partial charge in [-0.05, 0) is 44.5 Å². The van der Waals surface area contributed by atoms with Crippen molar-refractivity contribution in [3.05, 3.63) is 33.8 Å². The topological polar surface area (TPSA) is 3.24 Å². The molecule has 1 rings (SSSR count). The summed E-state index contributed by atoms with van der Waals surface area (Å²) in [6.45, 7) is 6.25. The summed E-state index contributed by atoms with van der Waals surface area (Å²) >= 11 is 17.6. The summed E-state index contributed by atoms with van der Waals surface area (Å²) in [6.07, 6.45) is 1.00. The van der Waals surface area contributed by atoms with Crippen molar-refractivity contribution in [1.29, 1.82) is 0 Å². The van der Waals surface area contributed by atoms with Crippen LogP contribution in [0.25, 0.3) is 0 Å². The van der Waals surface area contributed by atoms with E-state index in [1.807, 2.05) is 18.2 Å². The van der Waals surface area contributed by atoms with Gasteiger partial charge in [-0.15, -0.1) is 11.6 Å². The lowest BCUT2D eigenvalue weighted by Gasteiger charge is -2.26. The van der Waals surface area contributed by atoms with Crippen molar-refractivity contribution in [1.82, 2.24) is 4.90 Å². The highest BCUT2D eigenvalue weighted by molar-refractivity contribution is 6.42. The first-order chi connectivity index (χ1) is 8.04. The third kappa shape index (κ3) is 5.05. The van der Waals surface area contributed by atoms with Crippen molar-refractivity contribution in [2.75, 3.05) is 12.4 Å². The number of halogens is 3. The van der Waals surface area contributed by atoms with Crippen LogP contribution >= 0.6 is 34.8 Å². The second kappa shape index (κ2) is 7.48. The van der Waals surface area contributed by atoms with Crippen molar-refractivity contribution in [3.8, 4) is 0 Å². The standard InChI is InChI=1S/C13H18Cl3N/c1-10(2)17(7-3-6-14)9-11-4-5-12(15)13(16)8-11/h4-5,8,10H,3,6-7,9H2,1-2H3. The maximum Gasteiger partial charge on any atom is 0.0595 e. The molecule has 0 spiro atoms. The van der Waals surface area contributed by atoms with Gasteiger partial charge in [0.1, 0.15) is 0 Å². The normalized spacial score (nSPS) is 11.5. The minimum absolute atomic E-state index is 0.493. The molecule has 17 heavy (non-hydrogen) atoms. The van der Waals surface area contributed by atoms with Gasteiger partial charge in [0.05, 0.1) is 10.0 Å². The number of nitrogens with zero attached hydrogens (tertiary/aromatic N) is 1. The monoisotopic (exact) mass is 293 g/mol. The summed E-state index contributed by atoms with van der Waals surface area (Å²) < 4.78 is 0. The van der Waals surface area contributed by atoms with Crippen molar-refractivity contribution in [2.45, 2.75) is 32.9 Å². The molecule has 1 aromatic rings. The zero-order valence-electron chi connectivity index (χ0n) is 10.2. The zero-order chi connectivity index (χ0) is 12.8. The minimum Gasteiger partial charge on any atom is -0.297 e. The number of alkyl halides is 1. The fourth-order valence-corrected chi connectivity index (χ4v) is 2.10. The van der Waals surface area contributed by atoms with Crippen LogP contribution in [0.2, 0.25) is 10.0 Å². The van der Waals surface area contributed by atoms with Gasteiger partial charge in [0, 0.05) is 18.5 Å². The molecular formula is C13H18Cl3N. The SMILES string of the molecule is CC(C)N(CCCCl)Cc1ccc(Cl)c(Cl)c1. The first-order valence-electron chi connectivity index (χ1n) is 5.78. The molecule has 0 radical (unpaired) electrons. The van der Waals surface area contributed by atoms with Gasteiger partial charge in [0.2, 0.25) is 0 Å². The molecule has 4 heteroatoms. The molecule has 0 aliphatic carbocycles. The van der Waals surface area contributed by atoms with Gasteiger partial charge < -0.3 is 0 Å². The molecule has 0 atom stereocenters. The highest BCUT2D eigenvalue weighted by Gasteiger charge is 2.10. The van der Waals surface area contributed by atoms with Gasteiger partial charge in [-0.3, -0.25) is 4.90 Å². The van der Waals surface area contributed by atoms with Crippen LogP contribution < -0.4 is 0 Å². The van der Waals surface area contributed by atoms with Gasteiger partial charge in [-0.25, -0.2) is 0 Å². The summed E-state index contributed by atoms with van der Waals surface area (Å²) in [5.41, 5.74) is 1.18. The Morgan fingerprint density at radius 2 is 1.88 bits per heavy atom. The molecule has 96 valence electrons. The average Bonchev–Trinajstić information content (AvgIpc) is 2.28. The van der Waals surface area contributed by atoms with Crippen LogP contribution in [0.3, 0.4) is 0 Å². The maximum absolute atomic E-state index is 6.01. The van der Waals surface area contributed by atoms with Crippen molar-refractivity contribution in [3.63, 3.8) is 0 Å². The lowest BCUT2D eigenvalue weighted by atomic mass is 10.2. The number of rotatable bonds is 6. The van der Waals surface area contributed by atoms with Gasteiger partial charge in [0.25, 0.3) is 0 Å². The van der Waals surface area contributed by atoms with E-state index < -0.39 is 0 Å². The van der Waals surface area contributed by atoms with Gasteiger partial charge >= 0.3 is 0 Å². The molecule has 0 saturated heterocycles. The molecule has 0 N–H and O–H groups in total. The van der Waals surface area contributed by atoms with E-state index >= 15 is 0 Å². The van der Waals surface area contributed by atoms with Crippen LogP contribution in [0.1, 0.15) is 25.8 Å². The van der Waals surface area contributed by atoms with Crippen LogP contribution in [-0.4, -0.2) is 23.4 Å². The van der Waals surface area contributed by atoms with Crippen LogP contribution in [0, 0.1) is 0 Å². The maximum atomic E-state index is 6.01. The Kier molecular flexibility index (Phi) is 6.65. The molecule has 0 fully saturated rings. The van der Waals surface area contributed by atoms with Gasteiger partial charge in [-0.2, -0.15) is 0 Å². The molecule has 0 unspecified atom stereocenters.